The number of hydrogen-bond donors (Lipinski definition) is 2. The summed E-state index contributed by atoms with van der Waals surface area (Å²) < 4.78 is 6.00. The van der Waals surface area contributed by atoms with Gasteiger partial charge in [-0.15, -0.1) is 0 Å². The van der Waals surface area contributed by atoms with Crippen LogP contribution in [0.3, 0.4) is 0 Å². The van der Waals surface area contributed by atoms with E-state index in [-0.39, 0.29) is 17.9 Å². The van der Waals surface area contributed by atoms with Crippen LogP contribution in [0, 0.1) is 13.8 Å². The maximum Gasteiger partial charge on any atom is 0.410 e. The van der Waals surface area contributed by atoms with Gasteiger partial charge in [0.25, 0.3) is 11.8 Å². The number of carbonyl (C=O) groups is 3. The standard InChI is InChI=1S/C33H37ClN4O4/c1-21-8-4-5-10-26(21)31(39)36-24-13-14-27(22(2)18-24)32(40)38-17-7-11-30(28-19-23(34)12-15-29(28)38)42-33(41)37(3)20-25-9-6-16-35-25/h4-5,8,10,12-15,18-19,25,30,35H,6-7,9,11,16-17,20H2,1-3H3,(H,36,39)/t25-,30?/m0/s1. The Hall–Kier alpha value is -3.88. The van der Waals surface area contributed by atoms with E-state index in [0.29, 0.717) is 59.0 Å². The number of amides is 3. The summed E-state index contributed by atoms with van der Waals surface area (Å²) in [6.07, 6.45) is 2.45. The molecule has 0 aromatic heterocycles. The number of benzene rings is 3. The van der Waals surface area contributed by atoms with Gasteiger partial charge in [-0.1, -0.05) is 29.8 Å². The van der Waals surface area contributed by atoms with E-state index in [1.807, 2.05) is 44.2 Å². The Bertz CT molecular complexity index is 1490. The minimum Gasteiger partial charge on any atom is -0.441 e. The maximum absolute atomic E-state index is 13.9. The third-order valence-electron chi connectivity index (χ3n) is 8.04. The summed E-state index contributed by atoms with van der Waals surface area (Å²) in [5, 5.41) is 6.86. The first-order chi connectivity index (χ1) is 20.2. The summed E-state index contributed by atoms with van der Waals surface area (Å²) in [7, 11) is 1.75. The number of ether oxygens (including phenoxy) is 1. The number of aryl methyl sites for hydroxylation is 2. The highest BCUT2D eigenvalue weighted by atomic mass is 35.5. The highest BCUT2D eigenvalue weighted by Gasteiger charge is 2.31. The number of hydrogen-bond acceptors (Lipinski definition) is 5. The molecule has 5 rings (SSSR count). The molecule has 1 unspecified atom stereocenters. The lowest BCUT2D eigenvalue weighted by atomic mass is 10.0. The Balaban J connectivity index is 1.34. The number of anilines is 2. The third kappa shape index (κ3) is 6.61. The van der Waals surface area contributed by atoms with Gasteiger partial charge < -0.3 is 25.2 Å². The fourth-order valence-electron chi connectivity index (χ4n) is 5.76. The van der Waals surface area contributed by atoms with Crippen molar-refractivity contribution in [2.75, 3.05) is 36.9 Å². The Kier molecular flexibility index (Phi) is 9.14. The van der Waals surface area contributed by atoms with Gasteiger partial charge >= 0.3 is 6.09 Å². The van der Waals surface area contributed by atoms with E-state index in [9.17, 15) is 14.4 Å². The second-order valence-corrected chi connectivity index (χ2v) is 11.6. The fourth-order valence-corrected chi connectivity index (χ4v) is 5.94. The van der Waals surface area contributed by atoms with Crippen LogP contribution in [0.2, 0.25) is 5.02 Å². The van der Waals surface area contributed by atoms with Crippen molar-refractivity contribution in [3.63, 3.8) is 0 Å². The summed E-state index contributed by atoms with van der Waals surface area (Å²) >= 11 is 6.39. The van der Waals surface area contributed by atoms with Crippen molar-refractivity contribution >= 4 is 40.9 Å². The maximum atomic E-state index is 13.9. The van der Waals surface area contributed by atoms with Crippen LogP contribution in [0.1, 0.15) is 69.2 Å². The Morgan fingerprint density at radius 1 is 1.00 bits per heavy atom. The van der Waals surface area contributed by atoms with Crippen LogP contribution in [-0.4, -0.2) is 55.5 Å². The smallest absolute Gasteiger partial charge is 0.410 e. The van der Waals surface area contributed by atoms with Gasteiger partial charge in [0.15, 0.2) is 0 Å². The molecule has 42 heavy (non-hydrogen) atoms. The number of nitrogens with zero attached hydrogens (tertiary/aromatic N) is 2. The van der Waals surface area contributed by atoms with Crippen LogP contribution in [-0.2, 0) is 4.74 Å². The topological polar surface area (TPSA) is 91.0 Å². The average molecular weight is 589 g/mol. The SMILES string of the molecule is Cc1ccccc1C(=O)Nc1ccc(C(=O)N2CCCC(OC(=O)N(C)C[C@@H]3CCCN3)c3cc(Cl)ccc32)c(C)c1. The van der Waals surface area contributed by atoms with E-state index in [0.717, 1.165) is 30.5 Å². The number of nitrogens with one attached hydrogen (secondary N) is 2. The molecule has 2 atom stereocenters. The molecule has 0 bridgehead atoms. The molecule has 3 aromatic carbocycles. The van der Waals surface area contributed by atoms with Crippen molar-refractivity contribution in [2.45, 2.75) is 51.7 Å². The minimum absolute atomic E-state index is 0.163. The molecule has 0 radical (unpaired) electrons. The molecule has 1 saturated heterocycles. The monoisotopic (exact) mass is 588 g/mol. The largest absolute Gasteiger partial charge is 0.441 e. The molecule has 3 amide bonds. The number of fused-ring (bicyclic) bond motifs is 1. The van der Waals surface area contributed by atoms with Crippen LogP contribution < -0.4 is 15.5 Å². The van der Waals surface area contributed by atoms with Gasteiger partial charge in [0, 0.05) is 53.6 Å². The lowest BCUT2D eigenvalue weighted by molar-refractivity contribution is 0.0632. The summed E-state index contributed by atoms with van der Waals surface area (Å²) in [6, 6.07) is 18.3. The second-order valence-electron chi connectivity index (χ2n) is 11.1. The summed E-state index contributed by atoms with van der Waals surface area (Å²) in [6.45, 7) is 5.77. The van der Waals surface area contributed by atoms with Crippen LogP contribution in [0.15, 0.2) is 60.7 Å². The highest BCUT2D eigenvalue weighted by Crippen LogP contribution is 2.38. The van der Waals surface area contributed by atoms with Crippen LogP contribution in [0.5, 0.6) is 0 Å². The van der Waals surface area contributed by atoms with E-state index in [4.69, 9.17) is 16.3 Å². The lowest BCUT2D eigenvalue weighted by Gasteiger charge is -2.27. The normalized spacial score (nSPS) is 18.1. The van der Waals surface area contributed by atoms with E-state index < -0.39 is 12.2 Å². The quantitative estimate of drug-likeness (QED) is 0.342. The van der Waals surface area contributed by atoms with Gasteiger partial charge in [-0.2, -0.15) is 0 Å². The first-order valence-electron chi connectivity index (χ1n) is 14.5. The van der Waals surface area contributed by atoms with Gasteiger partial charge in [-0.3, -0.25) is 9.59 Å². The number of carbonyl (C=O) groups excluding carboxylic acids is 3. The van der Waals surface area contributed by atoms with Gasteiger partial charge in [0.05, 0.1) is 5.69 Å². The number of likely N-dealkylation sites (N-methyl/N-ethyl adjacent to an activating group) is 1. The third-order valence-corrected chi connectivity index (χ3v) is 8.27. The molecule has 0 aliphatic carbocycles. The van der Waals surface area contributed by atoms with E-state index in [1.165, 1.54) is 0 Å². The number of halogens is 1. The number of rotatable bonds is 6. The molecule has 220 valence electrons. The highest BCUT2D eigenvalue weighted by molar-refractivity contribution is 6.30. The zero-order valence-electron chi connectivity index (χ0n) is 24.3. The van der Waals surface area contributed by atoms with Crippen LogP contribution in [0.4, 0.5) is 16.2 Å². The van der Waals surface area contributed by atoms with Crippen LogP contribution >= 0.6 is 11.6 Å². The summed E-state index contributed by atoms with van der Waals surface area (Å²) in [5.41, 5.74) is 4.78. The molecule has 2 aliphatic heterocycles. The minimum atomic E-state index is -0.525. The molecule has 3 aromatic rings. The zero-order valence-corrected chi connectivity index (χ0v) is 25.0. The molecule has 9 heteroatoms. The molecule has 8 nitrogen and oxygen atoms in total. The predicted octanol–water partition coefficient (Wildman–Crippen LogP) is 6.51. The molecule has 2 heterocycles. The Labute approximate surface area is 252 Å². The second kappa shape index (κ2) is 13.0. The first kappa shape index (κ1) is 29.6. The van der Waals surface area contributed by atoms with Crippen molar-refractivity contribution in [1.29, 1.82) is 0 Å². The first-order valence-corrected chi connectivity index (χ1v) is 14.8. The van der Waals surface area contributed by atoms with E-state index >= 15 is 0 Å². The van der Waals surface area contributed by atoms with Gasteiger partial charge in [0.2, 0.25) is 0 Å². The zero-order chi connectivity index (χ0) is 29.8. The molecule has 2 N–H and O–H groups in total. The predicted molar refractivity (Wildman–Crippen MR) is 166 cm³/mol. The van der Waals surface area contributed by atoms with Crippen molar-refractivity contribution in [3.05, 3.63) is 93.5 Å². The van der Waals surface area contributed by atoms with Crippen molar-refractivity contribution < 1.29 is 19.1 Å². The Morgan fingerprint density at radius 2 is 1.81 bits per heavy atom. The molecule has 2 aliphatic rings. The van der Waals surface area contributed by atoms with Gasteiger partial charge in [0.1, 0.15) is 6.10 Å². The van der Waals surface area contributed by atoms with E-state index in [2.05, 4.69) is 10.6 Å². The molecular formula is C33H37ClN4O4. The summed E-state index contributed by atoms with van der Waals surface area (Å²) in [4.78, 5) is 43.1. The van der Waals surface area contributed by atoms with Gasteiger partial charge in [-0.05, 0) is 99.7 Å². The molecular weight excluding hydrogens is 552 g/mol. The molecule has 0 spiro atoms. The van der Waals surface area contributed by atoms with Gasteiger partial charge in [-0.25, -0.2) is 4.79 Å². The fraction of sp³-hybridized carbons (Fsp3) is 0.364. The van der Waals surface area contributed by atoms with Crippen molar-refractivity contribution in [3.8, 4) is 0 Å². The summed E-state index contributed by atoms with van der Waals surface area (Å²) in [5.74, 6) is -0.361. The van der Waals surface area contributed by atoms with Crippen LogP contribution in [0.25, 0.3) is 0 Å². The van der Waals surface area contributed by atoms with Crippen molar-refractivity contribution in [1.82, 2.24) is 10.2 Å². The average Bonchev–Trinajstić information content (AvgIpc) is 3.41. The lowest BCUT2D eigenvalue weighted by Crippen LogP contribution is -2.39. The van der Waals surface area contributed by atoms with E-state index in [1.54, 1.807) is 47.2 Å². The van der Waals surface area contributed by atoms with Crippen molar-refractivity contribution in [2.24, 2.45) is 0 Å². The molecule has 1 fully saturated rings. The Morgan fingerprint density at radius 3 is 2.55 bits per heavy atom. The molecule has 0 saturated carbocycles.